The molecule has 196 valence electrons. The Kier molecular flexibility index (Phi) is 6.59. The molecule has 0 aromatic carbocycles. The van der Waals surface area contributed by atoms with Gasteiger partial charge in [0.25, 0.3) is 5.91 Å². The third kappa shape index (κ3) is 6.15. The van der Waals surface area contributed by atoms with Gasteiger partial charge < -0.3 is 19.9 Å². The second kappa shape index (κ2) is 9.27. The molecule has 0 aliphatic carbocycles. The third-order valence-corrected chi connectivity index (χ3v) is 5.58. The van der Waals surface area contributed by atoms with Crippen LogP contribution in [0, 0.1) is 0 Å². The predicted molar refractivity (Wildman–Crippen MR) is 128 cm³/mol. The number of carbonyl (C=O) groups is 1. The summed E-state index contributed by atoms with van der Waals surface area (Å²) in [4.78, 5) is 20.3. The molecule has 4 heterocycles. The van der Waals surface area contributed by atoms with E-state index in [0.717, 1.165) is 24.2 Å². The summed E-state index contributed by atoms with van der Waals surface area (Å²) >= 11 is 0. The summed E-state index contributed by atoms with van der Waals surface area (Å²) < 4.78 is 45.8. The van der Waals surface area contributed by atoms with Gasteiger partial charge in [-0.3, -0.25) is 9.78 Å². The lowest BCUT2D eigenvalue weighted by atomic mass is 9.98. The molecular weight excluding hydrogens is 491 g/mol. The van der Waals surface area contributed by atoms with E-state index in [1.165, 1.54) is 6.07 Å². The van der Waals surface area contributed by atoms with Crippen LogP contribution >= 0.6 is 0 Å². The molecule has 4 rings (SSSR count). The van der Waals surface area contributed by atoms with Gasteiger partial charge in [0.1, 0.15) is 12.0 Å². The second-order valence-electron chi connectivity index (χ2n) is 9.90. The number of amides is 1. The summed E-state index contributed by atoms with van der Waals surface area (Å²) in [5, 5.41) is 27.9. The van der Waals surface area contributed by atoms with Crippen LogP contribution in [0.3, 0.4) is 0 Å². The minimum Gasteiger partial charge on any atom is -0.444 e. The van der Waals surface area contributed by atoms with E-state index in [-0.39, 0.29) is 17.1 Å². The van der Waals surface area contributed by atoms with Gasteiger partial charge in [0.2, 0.25) is 5.89 Å². The zero-order valence-electron chi connectivity index (χ0n) is 20.6. The van der Waals surface area contributed by atoms with Gasteiger partial charge in [-0.1, -0.05) is 0 Å². The largest absolute Gasteiger partial charge is 0.444 e. The van der Waals surface area contributed by atoms with Crippen LogP contribution in [0.15, 0.2) is 47.3 Å². The van der Waals surface area contributed by atoms with E-state index < -0.39 is 29.0 Å². The number of hydrogen-bond acceptors (Lipinski definition) is 7. The SMILES string of the molecule is CC(C)(O)CCc1cc2cc(NC(=O)c3coc(-c4ccnc(C(F)(F)F)c4)n3)c(C(C)(C)O)cn2n1. The van der Waals surface area contributed by atoms with Gasteiger partial charge in [-0.25, -0.2) is 9.50 Å². The molecule has 0 radical (unpaired) electrons. The number of pyridine rings is 2. The number of aromatic nitrogens is 4. The highest BCUT2D eigenvalue weighted by molar-refractivity contribution is 6.03. The number of oxazole rings is 1. The van der Waals surface area contributed by atoms with Crippen molar-refractivity contribution in [2.24, 2.45) is 0 Å². The van der Waals surface area contributed by atoms with Crippen LogP contribution in [0.4, 0.5) is 18.9 Å². The number of carbonyl (C=O) groups excluding carboxylic acids is 1. The Balaban J connectivity index is 1.62. The van der Waals surface area contributed by atoms with Gasteiger partial charge in [-0.15, -0.1) is 0 Å². The van der Waals surface area contributed by atoms with E-state index in [2.05, 4.69) is 20.4 Å². The fourth-order valence-electron chi connectivity index (χ4n) is 3.65. The number of hydrogen-bond donors (Lipinski definition) is 3. The molecule has 4 aromatic rings. The van der Waals surface area contributed by atoms with Crippen LogP contribution in [-0.4, -0.2) is 41.3 Å². The lowest BCUT2D eigenvalue weighted by molar-refractivity contribution is -0.141. The number of anilines is 1. The first-order valence-corrected chi connectivity index (χ1v) is 11.4. The van der Waals surface area contributed by atoms with E-state index >= 15 is 0 Å². The van der Waals surface area contributed by atoms with Gasteiger partial charge in [0.15, 0.2) is 5.69 Å². The number of alkyl halides is 3. The summed E-state index contributed by atoms with van der Waals surface area (Å²) in [6, 6.07) is 5.53. The normalized spacial score (nSPS) is 12.8. The maximum absolute atomic E-state index is 13.0. The number of fused-ring (bicyclic) bond motifs is 1. The molecular formula is C25H26F3N5O4. The molecule has 0 saturated carbocycles. The fourth-order valence-corrected chi connectivity index (χ4v) is 3.65. The number of nitrogens with one attached hydrogen (secondary N) is 1. The van der Waals surface area contributed by atoms with Crippen LogP contribution in [0.2, 0.25) is 0 Å². The molecule has 4 aromatic heterocycles. The minimum atomic E-state index is -4.64. The maximum Gasteiger partial charge on any atom is 0.433 e. The Labute approximate surface area is 210 Å². The number of aliphatic hydroxyl groups is 2. The van der Waals surface area contributed by atoms with Crippen molar-refractivity contribution in [2.75, 3.05) is 5.32 Å². The first kappa shape index (κ1) is 26.3. The Morgan fingerprint density at radius 1 is 1.14 bits per heavy atom. The molecule has 9 nitrogen and oxygen atoms in total. The summed E-state index contributed by atoms with van der Waals surface area (Å²) in [5.74, 6) is -0.861. The Morgan fingerprint density at radius 3 is 2.51 bits per heavy atom. The van der Waals surface area contributed by atoms with Crippen molar-refractivity contribution in [3.05, 3.63) is 65.6 Å². The predicted octanol–water partition coefficient (Wildman–Crippen LogP) is 4.59. The molecule has 0 aliphatic heterocycles. The van der Waals surface area contributed by atoms with Crippen molar-refractivity contribution in [3.8, 4) is 11.5 Å². The highest BCUT2D eigenvalue weighted by atomic mass is 19.4. The minimum absolute atomic E-state index is 0.0119. The second-order valence-corrected chi connectivity index (χ2v) is 9.90. The number of rotatable bonds is 7. The molecule has 12 heteroatoms. The van der Waals surface area contributed by atoms with Gasteiger partial charge in [-0.2, -0.15) is 18.3 Å². The summed E-state index contributed by atoms with van der Waals surface area (Å²) in [7, 11) is 0. The molecule has 3 N–H and O–H groups in total. The van der Waals surface area contributed by atoms with Crippen molar-refractivity contribution < 1.29 is 32.6 Å². The van der Waals surface area contributed by atoms with Crippen LogP contribution in [-0.2, 0) is 18.2 Å². The maximum atomic E-state index is 13.0. The standard InChI is InChI=1S/C25H26F3N5O4/c1-23(2,35)7-5-15-10-16-11-18(17(24(3,4)36)12-33(16)32-15)30-21(34)19-13-37-22(31-19)14-6-8-29-20(9-14)25(26,27)28/h6,8-13,35-36H,5,7H2,1-4H3,(H,30,34). The Morgan fingerprint density at radius 2 is 1.86 bits per heavy atom. The van der Waals surface area contributed by atoms with E-state index in [1.54, 1.807) is 44.5 Å². The average Bonchev–Trinajstić information content (AvgIpc) is 3.42. The summed E-state index contributed by atoms with van der Waals surface area (Å²) in [5.41, 5.74) is -1.43. The van der Waals surface area contributed by atoms with Crippen LogP contribution in [0.25, 0.3) is 17.0 Å². The fraction of sp³-hybridized carbons (Fsp3) is 0.360. The Hall–Kier alpha value is -3.77. The smallest absolute Gasteiger partial charge is 0.433 e. The zero-order valence-corrected chi connectivity index (χ0v) is 20.6. The molecule has 37 heavy (non-hydrogen) atoms. The number of nitrogens with zero attached hydrogens (tertiary/aromatic N) is 4. The lowest BCUT2D eigenvalue weighted by Crippen LogP contribution is -2.22. The molecule has 0 bridgehead atoms. The van der Waals surface area contributed by atoms with Crippen LogP contribution < -0.4 is 5.32 Å². The average molecular weight is 518 g/mol. The molecule has 1 amide bonds. The van der Waals surface area contributed by atoms with Crippen molar-refractivity contribution in [3.63, 3.8) is 0 Å². The highest BCUT2D eigenvalue weighted by Crippen LogP contribution is 2.32. The first-order chi connectivity index (χ1) is 17.1. The molecule has 0 fully saturated rings. The van der Waals surface area contributed by atoms with E-state index in [1.807, 2.05) is 6.07 Å². The number of halogens is 3. The molecule has 0 saturated heterocycles. The van der Waals surface area contributed by atoms with Crippen LogP contribution in [0.1, 0.15) is 61.6 Å². The molecule has 0 spiro atoms. The van der Waals surface area contributed by atoms with E-state index in [0.29, 0.717) is 29.6 Å². The van der Waals surface area contributed by atoms with Crippen molar-refractivity contribution in [1.82, 2.24) is 19.6 Å². The lowest BCUT2D eigenvalue weighted by Gasteiger charge is -2.22. The van der Waals surface area contributed by atoms with Gasteiger partial charge in [0.05, 0.1) is 28.1 Å². The Bertz CT molecular complexity index is 1450. The molecule has 0 unspecified atom stereocenters. The third-order valence-electron chi connectivity index (χ3n) is 5.58. The van der Waals surface area contributed by atoms with E-state index in [9.17, 15) is 28.2 Å². The summed E-state index contributed by atoms with van der Waals surface area (Å²) in [6.45, 7) is 6.53. The van der Waals surface area contributed by atoms with Crippen molar-refractivity contribution in [1.29, 1.82) is 0 Å². The van der Waals surface area contributed by atoms with Gasteiger partial charge >= 0.3 is 6.18 Å². The highest BCUT2D eigenvalue weighted by Gasteiger charge is 2.33. The molecule has 0 atom stereocenters. The van der Waals surface area contributed by atoms with Gasteiger partial charge in [0, 0.05) is 23.5 Å². The molecule has 0 aliphatic rings. The first-order valence-electron chi connectivity index (χ1n) is 11.4. The van der Waals surface area contributed by atoms with Crippen molar-refractivity contribution >= 4 is 17.1 Å². The number of aryl methyl sites for hydroxylation is 1. The zero-order chi connectivity index (χ0) is 27.2. The van der Waals surface area contributed by atoms with Crippen LogP contribution in [0.5, 0.6) is 0 Å². The topological polar surface area (TPSA) is 126 Å². The quantitative estimate of drug-likeness (QED) is 0.327. The van der Waals surface area contributed by atoms with Gasteiger partial charge in [-0.05, 0) is 64.8 Å². The van der Waals surface area contributed by atoms with E-state index in [4.69, 9.17) is 4.42 Å². The summed E-state index contributed by atoms with van der Waals surface area (Å²) in [6.07, 6.45) is -0.00551. The monoisotopic (exact) mass is 517 g/mol. The van der Waals surface area contributed by atoms with Crippen molar-refractivity contribution in [2.45, 2.75) is 57.9 Å².